The van der Waals surface area contributed by atoms with Gasteiger partial charge in [-0.15, -0.1) is 0 Å². The van der Waals surface area contributed by atoms with Crippen molar-refractivity contribution in [3.8, 4) is 0 Å². The maximum atomic E-state index is 13.4. The monoisotopic (exact) mass is 485 g/mol. The molecule has 1 saturated heterocycles. The first-order chi connectivity index (χ1) is 16.1. The molecule has 34 heavy (non-hydrogen) atoms. The van der Waals surface area contributed by atoms with Crippen LogP contribution in [0.5, 0.6) is 0 Å². The smallest absolute Gasteiger partial charge is 0.252 e. The lowest BCUT2D eigenvalue weighted by atomic mass is 9.79. The van der Waals surface area contributed by atoms with E-state index in [0.29, 0.717) is 18.4 Å². The molecule has 0 aliphatic carbocycles. The second-order valence-electron chi connectivity index (χ2n) is 9.96. The molecule has 1 aromatic heterocycles. The summed E-state index contributed by atoms with van der Waals surface area (Å²) in [5.74, 6) is -0.790. The maximum Gasteiger partial charge on any atom is 0.252 e. The first-order valence-corrected chi connectivity index (χ1v) is 12.6. The highest BCUT2D eigenvalue weighted by atomic mass is 32.1. The van der Waals surface area contributed by atoms with Crippen LogP contribution in [0.3, 0.4) is 0 Å². The van der Waals surface area contributed by atoms with Gasteiger partial charge >= 0.3 is 0 Å². The van der Waals surface area contributed by atoms with E-state index in [9.17, 15) is 14.4 Å². The summed E-state index contributed by atoms with van der Waals surface area (Å²) >= 11 is 1.43. The van der Waals surface area contributed by atoms with Crippen LogP contribution in [0.1, 0.15) is 42.6 Å². The van der Waals surface area contributed by atoms with Crippen molar-refractivity contribution >= 4 is 28.9 Å². The van der Waals surface area contributed by atoms with E-state index in [1.807, 2.05) is 42.6 Å². The van der Waals surface area contributed by atoms with E-state index in [-0.39, 0.29) is 35.7 Å². The van der Waals surface area contributed by atoms with Crippen molar-refractivity contribution in [2.75, 3.05) is 27.2 Å². The number of carbonyl (C=O) groups is 3. The molecule has 7 nitrogen and oxygen atoms in total. The third-order valence-corrected chi connectivity index (χ3v) is 6.69. The van der Waals surface area contributed by atoms with Gasteiger partial charge in [-0.25, -0.2) is 0 Å². The number of benzene rings is 1. The lowest BCUT2D eigenvalue weighted by molar-refractivity contribution is -0.128. The molecule has 1 aromatic carbocycles. The van der Waals surface area contributed by atoms with Crippen molar-refractivity contribution < 1.29 is 19.1 Å². The van der Waals surface area contributed by atoms with E-state index in [4.69, 9.17) is 4.74 Å². The highest BCUT2D eigenvalue weighted by molar-refractivity contribution is 7.08. The Balaban J connectivity index is 1.74. The summed E-state index contributed by atoms with van der Waals surface area (Å²) < 4.78 is 5.65. The second kappa shape index (κ2) is 11.7. The fourth-order valence-corrected chi connectivity index (χ4v) is 4.90. The summed E-state index contributed by atoms with van der Waals surface area (Å²) in [7, 11) is 3.91. The number of Topliss-reactive ketones (excluding diaryl/α,β-unsaturated/α-hetero) is 1. The van der Waals surface area contributed by atoms with Gasteiger partial charge in [-0.05, 0) is 55.8 Å². The van der Waals surface area contributed by atoms with Crippen LogP contribution in [0.25, 0.3) is 0 Å². The number of hydrogen-bond acceptors (Lipinski definition) is 6. The number of nitrogens with one attached hydrogen (secondary N) is 2. The number of carbonyl (C=O) groups excluding carboxylic acids is 3. The van der Waals surface area contributed by atoms with Gasteiger partial charge in [0.2, 0.25) is 5.91 Å². The topological polar surface area (TPSA) is 87.7 Å². The molecule has 2 unspecified atom stereocenters. The highest BCUT2D eigenvalue weighted by Gasteiger charge is 2.39. The summed E-state index contributed by atoms with van der Waals surface area (Å²) in [6.45, 7) is 4.91. The first kappa shape index (κ1) is 26.1. The van der Waals surface area contributed by atoms with Crippen molar-refractivity contribution in [2.24, 2.45) is 5.41 Å². The number of thiophene rings is 1. The average Bonchev–Trinajstić information content (AvgIpc) is 3.43. The predicted octanol–water partition coefficient (Wildman–Crippen LogP) is 2.91. The molecular weight excluding hydrogens is 450 g/mol. The Hall–Kier alpha value is -2.55. The Morgan fingerprint density at radius 1 is 1.21 bits per heavy atom. The molecule has 0 radical (unpaired) electrons. The molecule has 2 heterocycles. The predicted molar refractivity (Wildman–Crippen MR) is 134 cm³/mol. The normalized spacial score (nSPS) is 19.3. The number of ether oxygens (including phenoxy) is 1. The van der Waals surface area contributed by atoms with Crippen molar-refractivity contribution in [3.05, 3.63) is 58.3 Å². The molecule has 8 heteroatoms. The zero-order chi connectivity index (χ0) is 24.7. The van der Waals surface area contributed by atoms with Gasteiger partial charge in [-0.3, -0.25) is 14.4 Å². The largest absolute Gasteiger partial charge is 0.368 e. The highest BCUT2D eigenvalue weighted by Crippen LogP contribution is 2.28. The van der Waals surface area contributed by atoms with Gasteiger partial charge < -0.3 is 20.3 Å². The van der Waals surface area contributed by atoms with Gasteiger partial charge in [0.05, 0.1) is 11.7 Å². The second-order valence-corrected chi connectivity index (χ2v) is 10.7. The van der Waals surface area contributed by atoms with Gasteiger partial charge in [0.25, 0.3) is 5.91 Å². The fraction of sp³-hybridized carbons (Fsp3) is 0.500. The van der Waals surface area contributed by atoms with Crippen LogP contribution in [-0.4, -0.2) is 67.9 Å². The Kier molecular flexibility index (Phi) is 8.99. The molecule has 2 aromatic rings. The molecule has 1 aliphatic heterocycles. The number of rotatable bonds is 11. The van der Waals surface area contributed by atoms with Crippen LogP contribution in [0.15, 0.2) is 47.2 Å². The van der Waals surface area contributed by atoms with Crippen molar-refractivity contribution in [1.29, 1.82) is 0 Å². The zero-order valence-electron chi connectivity index (χ0n) is 20.4. The van der Waals surface area contributed by atoms with E-state index in [1.165, 1.54) is 16.9 Å². The van der Waals surface area contributed by atoms with Crippen LogP contribution >= 0.6 is 11.3 Å². The van der Waals surface area contributed by atoms with Crippen molar-refractivity contribution in [2.45, 2.75) is 51.3 Å². The molecule has 3 rings (SSSR count). The third kappa shape index (κ3) is 7.48. The standard InChI is InChI=1S/C26H35N3O4S/c1-26(2,14-18-8-6-5-7-9-18)15-20(27-24(31)19-11-13-34-17-19)25(32)28-23-21(30)16-33-22(23)10-12-29(3)4/h5-9,11,13,17,20,22-23H,10,12,14-16H2,1-4H3,(H,27,31)(H,28,32)/t20-,22?,23?/m0/s1. The number of ketones is 1. The van der Waals surface area contributed by atoms with Gasteiger partial charge in [0.1, 0.15) is 18.7 Å². The summed E-state index contributed by atoms with van der Waals surface area (Å²) in [6, 6.07) is 10.3. The van der Waals surface area contributed by atoms with Crippen LogP contribution in [0.4, 0.5) is 0 Å². The van der Waals surface area contributed by atoms with Crippen LogP contribution < -0.4 is 10.6 Å². The van der Waals surface area contributed by atoms with E-state index in [2.05, 4.69) is 36.6 Å². The summed E-state index contributed by atoms with van der Waals surface area (Å²) in [6.07, 6.45) is 1.44. The quantitative estimate of drug-likeness (QED) is 0.511. The summed E-state index contributed by atoms with van der Waals surface area (Å²) in [5, 5.41) is 9.39. The average molecular weight is 486 g/mol. The Labute approximate surface area is 205 Å². The molecule has 3 atom stereocenters. The Bertz CT molecular complexity index is 960. The first-order valence-electron chi connectivity index (χ1n) is 11.6. The van der Waals surface area contributed by atoms with E-state index in [1.54, 1.807) is 11.4 Å². The molecule has 0 saturated carbocycles. The minimum atomic E-state index is -0.783. The maximum absolute atomic E-state index is 13.4. The van der Waals surface area contributed by atoms with Crippen LogP contribution in [0.2, 0.25) is 0 Å². The molecule has 1 aliphatic rings. The Morgan fingerprint density at radius 3 is 2.59 bits per heavy atom. The van der Waals surface area contributed by atoms with Crippen LogP contribution in [0, 0.1) is 5.41 Å². The van der Waals surface area contributed by atoms with Gasteiger partial charge in [0, 0.05) is 11.9 Å². The van der Waals surface area contributed by atoms with Crippen LogP contribution in [-0.2, 0) is 20.7 Å². The Morgan fingerprint density at radius 2 is 1.94 bits per heavy atom. The third-order valence-electron chi connectivity index (χ3n) is 6.00. The number of amides is 2. The molecule has 2 N–H and O–H groups in total. The van der Waals surface area contributed by atoms with Gasteiger partial charge in [-0.1, -0.05) is 44.2 Å². The fourth-order valence-electron chi connectivity index (χ4n) is 4.26. The van der Waals surface area contributed by atoms with Crippen molar-refractivity contribution in [1.82, 2.24) is 15.5 Å². The van der Waals surface area contributed by atoms with E-state index >= 15 is 0 Å². The van der Waals surface area contributed by atoms with Gasteiger partial charge in [-0.2, -0.15) is 11.3 Å². The SMILES string of the molecule is CN(C)CCC1OCC(=O)C1NC(=O)[C@H](CC(C)(C)Cc1ccccc1)NC(=O)c1ccsc1. The van der Waals surface area contributed by atoms with Crippen molar-refractivity contribution in [3.63, 3.8) is 0 Å². The molecule has 1 fully saturated rings. The zero-order valence-corrected chi connectivity index (χ0v) is 21.2. The van der Waals surface area contributed by atoms with E-state index in [0.717, 1.165) is 13.0 Å². The molecule has 0 spiro atoms. The lowest BCUT2D eigenvalue weighted by Gasteiger charge is -2.31. The number of nitrogens with zero attached hydrogens (tertiary/aromatic N) is 1. The molecular formula is C26H35N3O4S. The summed E-state index contributed by atoms with van der Waals surface area (Å²) in [5.41, 5.74) is 1.41. The molecule has 0 bridgehead atoms. The number of hydrogen-bond donors (Lipinski definition) is 2. The molecule has 184 valence electrons. The van der Waals surface area contributed by atoms with E-state index < -0.39 is 12.1 Å². The minimum absolute atomic E-state index is 0.00548. The summed E-state index contributed by atoms with van der Waals surface area (Å²) in [4.78, 5) is 40.7. The minimum Gasteiger partial charge on any atom is -0.368 e. The molecule has 2 amide bonds. The van der Waals surface area contributed by atoms with Gasteiger partial charge in [0.15, 0.2) is 5.78 Å². The lowest BCUT2D eigenvalue weighted by Crippen LogP contribution is -2.54.